The van der Waals surface area contributed by atoms with Gasteiger partial charge in [0.15, 0.2) is 0 Å². The van der Waals surface area contributed by atoms with Crippen LogP contribution in [0.25, 0.3) is 0 Å². The number of halogens is 6. The molecule has 0 fully saturated rings. The molecular weight excluding hydrogens is 556 g/mol. The van der Waals surface area contributed by atoms with E-state index in [1.165, 1.54) is 0 Å². The Morgan fingerprint density at radius 2 is 0.806 bits per heavy atom. The molecule has 0 radical (unpaired) electrons. The van der Waals surface area contributed by atoms with E-state index >= 15 is 0 Å². The molecule has 0 aromatic heterocycles. The van der Waals surface area contributed by atoms with Crippen LogP contribution in [0.1, 0.15) is 0 Å². The molecule has 0 saturated carbocycles. The summed E-state index contributed by atoms with van der Waals surface area (Å²) >= 11 is 32.0. The van der Waals surface area contributed by atoms with Gasteiger partial charge in [-0.25, -0.2) is 0 Å². The van der Waals surface area contributed by atoms with E-state index in [1.807, 2.05) is 91.0 Å². The summed E-state index contributed by atoms with van der Waals surface area (Å²) in [7, 11) is -3.23. The molecule has 3 aromatic carbocycles. The molecule has 0 bridgehead atoms. The highest BCUT2D eigenvalue weighted by Crippen LogP contribution is 2.34. The third kappa shape index (κ3) is 7.25. The monoisotopic (exact) mass is 568 g/mol. The van der Waals surface area contributed by atoms with E-state index < -0.39 is 31.4 Å². The molecule has 3 nitrogen and oxygen atoms in total. The Kier molecular flexibility index (Phi) is 9.08. The van der Waals surface area contributed by atoms with Gasteiger partial charge in [0.25, 0.3) is 16.3 Å². The van der Waals surface area contributed by atoms with Crippen molar-refractivity contribution in [1.82, 2.24) is 0 Å². The second-order valence-corrected chi connectivity index (χ2v) is 15.8. The number of alkyl halides is 6. The summed E-state index contributed by atoms with van der Waals surface area (Å²) in [5.41, 5.74) is 0. The van der Waals surface area contributed by atoms with Crippen molar-refractivity contribution in [3.05, 3.63) is 91.0 Å². The highest BCUT2D eigenvalue weighted by molar-refractivity contribution is 7.09. The third-order valence-corrected chi connectivity index (χ3v) is 12.4. The van der Waals surface area contributed by atoms with E-state index in [0.29, 0.717) is 0 Å². The van der Waals surface area contributed by atoms with Crippen molar-refractivity contribution in [1.29, 1.82) is 0 Å². The van der Waals surface area contributed by atoms with Crippen molar-refractivity contribution in [2.45, 2.75) is 7.96 Å². The molecule has 3 aromatic rings. The summed E-state index contributed by atoms with van der Waals surface area (Å²) in [5, 5.41) is 2.77. The minimum atomic E-state index is -3.35. The fraction of sp³-hybridized carbons (Fsp3) is 0.100. The van der Waals surface area contributed by atoms with Gasteiger partial charge >= 0.3 is 15.1 Å². The molecule has 11 heteroatoms. The molecule has 0 spiro atoms. The minimum Gasteiger partial charge on any atom is -0.488 e. The van der Waals surface area contributed by atoms with Crippen molar-refractivity contribution in [3.8, 4) is 0 Å². The zero-order valence-corrected chi connectivity index (χ0v) is 22.4. The highest BCUT2D eigenvalue weighted by atomic mass is 35.6. The predicted octanol–water partition coefficient (Wildman–Crippen LogP) is 5.34. The molecule has 0 atom stereocenters. The Bertz CT molecular complexity index is 843. The minimum absolute atomic E-state index is 0.922. The predicted molar refractivity (Wildman–Crippen MR) is 134 cm³/mol. The number of benzene rings is 3. The van der Waals surface area contributed by atoms with Gasteiger partial charge in [-0.15, -0.1) is 0 Å². The van der Waals surface area contributed by atoms with Crippen molar-refractivity contribution < 1.29 is 11.1 Å². The molecule has 0 heterocycles. The maximum absolute atomic E-state index is 6.68. The lowest BCUT2D eigenvalue weighted by Gasteiger charge is -2.36. The van der Waals surface area contributed by atoms with E-state index in [0.717, 1.165) is 15.6 Å². The lowest BCUT2D eigenvalue weighted by Crippen LogP contribution is -2.71. The lowest BCUT2D eigenvalue weighted by atomic mass is 10.3. The van der Waals surface area contributed by atoms with Gasteiger partial charge in [0.05, 0.1) is 0 Å². The summed E-state index contributed by atoms with van der Waals surface area (Å²) in [5.74, 6) is 0. The van der Waals surface area contributed by atoms with Crippen LogP contribution in [0.3, 0.4) is 0 Å². The maximum atomic E-state index is 6.68. The maximum Gasteiger partial charge on any atom is 0.900 e. The quantitative estimate of drug-likeness (QED) is 0.218. The van der Waals surface area contributed by atoms with Crippen LogP contribution in [-0.4, -0.2) is 31.4 Å². The summed E-state index contributed by atoms with van der Waals surface area (Å²) < 4.78 is 13.4. The van der Waals surface area contributed by atoms with Crippen LogP contribution >= 0.6 is 69.6 Å². The largest absolute Gasteiger partial charge is 0.900 e. The molecule has 0 amide bonds. The third-order valence-electron chi connectivity index (χ3n) is 4.27. The Hall–Kier alpha value is 0.0294. The van der Waals surface area contributed by atoms with Gasteiger partial charge in [0.2, 0.25) is 0 Å². The molecular formula is C20H15AlCl6O3Si. The molecule has 0 aliphatic heterocycles. The van der Waals surface area contributed by atoms with Crippen molar-refractivity contribution >= 4 is 109 Å². The van der Waals surface area contributed by atoms with Crippen LogP contribution in [0, 0.1) is 0 Å². The van der Waals surface area contributed by atoms with Crippen LogP contribution in [0.5, 0.6) is 0 Å². The highest BCUT2D eigenvalue weighted by Gasteiger charge is 2.53. The molecule has 0 unspecified atom stereocenters. The van der Waals surface area contributed by atoms with Crippen molar-refractivity contribution in [3.63, 3.8) is 0 Å². The van der Waals surface area contributed by atoms with Crippen LogP contribution in [-0.2, 0) is 11.1 Å². The molecule has 0 aliphatic carbocycles. The smallest absolute Gasteiger partial charge is 0.488 e. The second-order valence-electron chi connectivity index (χ2n) is 6.31. The molecule has 0 N–H and O–H groups in total. The number of rotatable bonds is 7. The molecule has 162 valence electrons. The molecule has 3 rings (SSSR count). The topological polar surface area (TPSA) is 27.7 Å². The first-order valence-electron chi connectivity index (χ1n) is 8.94. The Balaban J connectivity index is 2.23. The first-order chi connectivity index (χ1) is 14.6. The van der Waals surface area contributed by atoms with Gasteiger partial charge in [-0.05, 0) is 15.6 Å². The van der Waals surface area contributed by atoms with Gasteiger partial charge in [0.1, 0.15) is 0 Å². The van der Waals surface area contributed by atoms with E-state index in [1.54, 1.807) is 0 Å². The normalized spacial score (nSPS) is 12.6. The van der Waals surface area contributed by atoms with Gasteiger partial charge in [0, 0.05) is 0 Å². The van der Waals surface area contributed by atoms with E-state index in [4.69, 9.17) is 80.7 Å². The molecule has 31 heavy (non-hydrogen) atoms. The molecule has 0 aliphatic rings. The lowest BCUT2D eigenvalue weighted by molar-refractivity contribution is 0.136. The fourth-order valence-corrected chi connectivity index (χ4v) is 11.1. The van der Waals surface area contributed by atoms with Crippen molar-refractivity contribution in [2.75, 3.05) is 0 Å². The van der Waals surface area contributed by atoms with Gasteiger partial charge in [-0.2, -0.15) is 0 Å². The van der Waals surface area contributed by atoms with Crippen LogP contribution < -0.4 is 15.6 Å². The van der Waals surface area contributed by atoms with Gasteiger partial charge in [-0.3, -0.25) is 0 Å². The fourth-order valence-electron chi connectivity index (χ4n) is 3.16. The van der Waals surface area contributed by atoms with Crippen LogP contribution in [0.15, 0.2) is 91.0 Å². The Morgan fingerprint density at radius 3 is 1.06 bits per heavy atom. The Morgan fingerprint density at radius 1 is 0.516 bits per heavy atom. The van der Waals surface area contributed by atoms with Crippen LogP contribution in [0.4, 0.5) is 0 Å². The van der Waals surface area contributed by atoms with E-state index in [2.05, 4.69) is 0 Å². The van der Waals surface area contributed by atoms with E-state index in [-0.39, 0.29) is 0 Å². The summed E-state index contributed by atoms with van der Waals surface area (Å²) in [6.07, 6.45) is 0. The number of hydrogen-bond donors (Lipinski definition) is 0. The average Bonchev–Trinajstić information content (AvgIpc) is 2.71. The van der Waals surface area contributed by atoms with Gasteiger partial charge in [-0.1, -0.05) is 161 Å². The zero-order chi connectivity index (χ0) is 22.5. The van der Waals surface area contributed by atoms with Crippen molar-refractivity contribution in [2.24, 2.45) is 0 Å². The number of hydrogen-bond acceptors (Lipinski definition) is 3. The van der Waals surface area contributed by atoms with Crippen LogP contribution in [0.2, 0.25) is 0 Å². The zero-order valence-electron chi connectivity index (χ0n) is 15.7. The van der Waals surface area contributed by atoms with Gasteiger partial charge < -0.3 is 11.1 Å². The average molecular weight is 571 g/mol. The summed E-state index contributed by atoms with van der Waals surface area (Å²) in [6.45, 7) is 0. The second kappa shape index (κ2) is 11.0. The SMILES string of the molecule is ClC(Cl)(Cl)[O][Al]([O]C(Cl)(Cl)Cl)[O][Si](c1ccccc1)(c1ccccc1)c1ccccc1. The standard InChI is InChI=1S/C18H15OSi.2CCl3O.Al/c19-20(16-10-4-1-5-11-16,17-12-6-2-7-13-17)18-14-8-3-9-15-18;2*2-1(3,4)5;/h1-15H;;;/q3*-1;+3. The summed E-state index contributed by atoms with van der Waals surface area (Å²) in [4.78, 5) is 0. The van der Waals surface area contributed by atoms with E-state index in [9.17, 15) is 0 Å². The first kappa shape index (κ1) is 25.6. The summed E-state index contributed by atoms with van der Waals surface area (Å²) in [6, 6.07) is 29.2. The molecule has 0 saturated heterocycles. The first-order valence-corrected chi connectivity index (χ1v) is 14.5. The Labute approximate surface area is 217 Å².